The first-order valence-corrected chi connectivity index (χ1v) is 3.22. The lowest BCUT2D eigenvalue weighted by atomic mass is 10.9. The molecule has 0 bridgehead atoms. The summed E-state index contributed by atoms with van der Waals surface area (Å²) in [5.41, 5.74) is 2.58. The third kappa shape index (κ3) is 5.46. The molecule has 0 unspecified atom stereocenters. The molecule has 0 aliphatic heterocycles. The van der Waals surface area contributed by atoms with Gasteiger partial charge in [0.15, 0.2) is 5.11 Å². The number of thiocarbonyl (C=S) groups is 1. The summed E-state index contributed by atoms with van der Waals surface area (Å²) < 4.78 is 4.70. The van der Waals surface area contributed by atoms with Gasteiger partial charge in [0.25, 0.3) is 0 Å². The zero-order valence-corrected chi connectivity index (χ0v) is 6.86. The summed E-state index contributed by atoms with van der Waals surface area (Å²) in [6, 6.07) is 0. The van der Waals surface area contributed by atoms with E-state index in [9.17, 15) is 0 Å². The van der Waals surface area contributed by atoms with Crippen LogP contribution in [0.5, 0.6) is 0 Å². The number of hydrazone groups is 1. The number of nitrogens with one attached hydrogen (secondary N) is 2. The molecular weight excluding hydrogens is 150 g/mol. The van der Waals surface area contributed by atoms with Gasteiger partial charge in [-0.3, -0.25) is 5.43 Å². The molecule has 10 heavy (non-hydrogen) atoms. The van der Waals surface area contributed by atoms with Gasteiger partial charge in [-0.05, 0) is 19.1 Å². The molecule has 0 heterocycles. The van der Waals surface area contributed by atoms with Crippen molar-refractivity contribution in [2.75, 3.05) is 13.8 Å². The Morgan fingerprint density at radius 2 is 2.50 bits per heavy atom. The van der Waals surface area contributed by atoms with Gasteiger partial charge in [-0.1, -0.05) is 0 Å². The van der Waals surface area contributed by atoms with Crippen LogP contribution in [-0.4, -0.2) is 25.2 Å². The van der Waals surface area contributed by atoms with Crippen LogP contribution < -0.4 is 10.7 Å². The first-order valence-electron chi connectivity index (χ1n) is 2.81. The van der Waals surface area contributed by atoms with E-state index in [4.69, 9.17) is 17.0 Å². The number of methoxy groups -OCH3 is 1. The Hall–Kier alpha value is -0.680. The van der Waals surface area contributed by atoms with Crippen LogP contribution in [-0.2, 0) is 4.74 Å². The van der Waals surface area contributed by atoms with Gasteiger partial charge in [0.05, 0.1) is 0 Å². The number of ether oxygens (including phenoxy) is 1. The second-order valence-corrected chi connectivity index (χ2v) is 1.85. The van der Waals surface area contributed by atoms with E-state index < -0.39 is 0 Å². The predicted molar refractivity (Wildman–Crippen MR) is 44.9 cm³/mol. The van der Waals surface area contributed by atoms with Gasteiger partial charge in [-0.15, -0.1) is 0 Å². The Balaban J connectivity index is 3.25. The Morgan fingerprint density at radius 3 is 3.00 bits per heavy atom. The van der Waals surface area contributed by atoms with Gasteiger partial charge in [-0.25, -0.2) is 0 Å². The summed E-state index contributed by atoms with van der Waals surface area (Å²) in [6.07, 6.45) is 1.61. The van der Waals surface area contributed by atoms with Gasteiger partial charge in [0.2, 0.25) is 0 Å². The Labute approximate surface area is 65.6 Å². The molecule has 0 aromatic rings. The Kier molecular flexibility index (Phi) is 6.00. The molecule has 0 aliphatic rings. The maximum absolute atomic E-state index is 4.77. The van der Waals surface area contributed by atoms with Crippen LogP contribution in [0.25, 0.3) is 0 Å². The summed E-state index contributed by atoms with van der Waals surface area (Å²) in [7, 11) is 1.58. The SMILES string of the molecule is CC=NNC(=S)NCOC. The lowest BCUT2D eigenvalue weighted by Gasteiger charge is -2.03. The molecule has 0 fully saturated rings. The van der Waals surface area contributed by atoms with Crippen molar-refractivity contribution in [1.29, 1.82) is 0 Å². The predicted octanol–water partition coefficient (Wildman–Crippen LogP) is 0.0601. The fraction of sp³-hybridized carbons (Fsp3) is 0.600. The van der Waals surface area contributed by atoms with Crippen LogP contribution in [0, 0.1) is 0 Å². The van der Waals surface area contributed by atoms with E-state index in [1.807, 2.05) is 0 Å². The third-order valence-electron chi connectivity index (χ3n) is 0.672. The van der Waals surface area contributed by atoms with Crippen molar-refractivity contribution in [3.63, 3.8) is 0 Å². The van der Waals surface area contributed by atoms with Gasteiger partial charge in [0, 0.05) is 13.3 Å². The summed E-state index contributed by atoms with van der Waals surface area (Å²) >= 11 is 4.77. The quantitative estimate of drug-likeness (QED) is 0.266. The van der Waals surface area contributed by atoms with Crippen LogP contribution in [0.2, 0.25) is 0 Å². The molecule has 0 aliphatic carbocycles. The van der Waals surface area contributed by atoms with Gasteiger partial charge < -0.3 is 10.1 Å². The monoisotopic (exact) mass is 161 g/mol. The number of rotatable bonds is 3. The molecule has 5 heteroatoms. The second kappa shape index (κ2) is 6.44. The molecule has 2 N–H and O–H groups in total. The van der Waals surface area contributed by atoms with Crippen molar-refractivity contribution in [2.45, 2.75) is 6.92 Å². The maximum atomic E-state index is 4.77. The smallest absolute Gasteiger partial charge is 0.188 e. The molecule has 4 nitrogen and oxygen atoms in total. The number of nitrogens with zero attached hydrogens (tertiary/aromatic N) is 1. The number of hydrogen-bond donors (Lipinski definition) is 2. The van der Waals surface area contributed by atoms with E-state index in [1.165, 1.54) is 0 Å². The highest BCUT2D eigenvalue weighted by atomic mass is 32.1. The minimum atomic E-state index is 0.394. The van der Waals surface area contributed by atoms with E-state index in [2.05, 4.69) is 15.8 Å². The summed E-state index contributed by atoms with van der Waals surface area (Å²) in [5, 5.41) is 6.90. The maximum Gasteiger partial charge on any atom is 0.188 e. The molecule has 0 amide bonds. The fourth-order valence-corrected chi connectivity index (χ4v) is 0.412. The molecule has 0 radical (unpaired) electrons. The van der Waals surface area contributed by atoms with E-state index in [-0.39, 0.29) is 0 Å². The summed E-state index contributed by atoms with van der Waals surface area (Å²) in [4.78, 5) is 0. The molecule has 0 rings (SSSR count). The molecule has 0 atom stereocenters. The van der Waals surface area contributed by atoms with Gasteiger partial charge in [-0.2, -0.15) is 5.10 Å². The van der Waals surface area contributed by atoms with Crippen molar-refractivity contribution in [3.05, 3.63) is 0 Å². The normalized spacial score (nSPS) is 9.80. The van der Waals surface area contributed by atoms with Gasteiger partial charge in [0.1, 0.15) is 6.73 Å². The van der Waals surface area contributed by atoms with Crippen LogP contribution in [0.15, 0.2) is 5.10 Å². The fourth-order valence-electron chi connectivity index (χ4n) is 0.300. The Bertz CT molecular complexity index is 126. The highest BCUT2D eigenvalue weighted by Crippen LogP contribution is 1.66. The lowest BCUT2D eigenvalue weighted by Crippen LogP contribution is -2.33. The molecule has 58 valence electrons. The average Bonchev–Trinajstić information content (AvgIpc) is 1.97. The topological polar surface area (TPSA) is 45.7 Å². The van der Waals surface area contributed by atoms with E-state index in [0.29, 0.717) is 11.8 Å². The lowest BCUT2D eigenvalue weighted by molar-refractivity contribution is 0.192. The van der Waals surface area contributed by atoms with Crippen molar-refractivity contribution >= 4 is 23.5 Å². The largest absolute Gasteiger partial charge is 0.365 e. The molecule has 0 saturated carbocycles. The molecule has 0 saturated heterocycles. The van der Waals surface area contributed by atoms with E-state index in [0.717, 1.165) is 0 Å². The standard InChI is InChI=1S/C5H11N3OS/c1-3-7-8-5(10)6-4-9-2/h3H,4H2,1-2H3,(H2,6,8,10). The highest BCUT2D eigenvalue weighted by molar-refractivity contribution is 7.80. The zero-order valence-electron chi connectivity index (χ0n) is 6.05. The summed E-state index contributed by atoms with van der Waals surface area (Å²) in [6.45, 7) is 2.19. The van der Waals surface area contributed by atoms with Crippen molar-refractivity contribution in [2.24, 2.45) is 5.10 Å². The van der Waals surface area contributed by atoms with Crippen molar-refractivity contribution < 1.29 is 4.74 Å². The first kappa shape index (κ1) is 9.32. The first-order chi connectivity index (χ1) is 4.81. The molecule has 0 aromatic heterocycles. The van der Waals surface area contributed by atoms with Crippen molar-refractivity contribution in [1.82, 2.24) is 10.7 Å². The summed E-state index contributed by atoms with van der Waals surface area (Å²) in [5.74, 6) is 0. The van der Waals surface area contributed by atoms with E-state index in [1.54, 1.807) is 20.2 Å². The Morgan fingerprint density at radius 1 is 1.80 bits per heavy atom. The molecule has 0 spiro atoms. The molecular formula is C5H11N3OS. The van der Waals surface area contributed by atoms with Crippen LogP contribution in [0.1, 0.15) is 6.92 Å². The van der Waals surface area contributed by atoms with Crippen LogP contribution in [0.3, 0.4) is 0 Å². The second-order valence-electron chi connectivity index (χ2n) is 1.44. The average molecular weight is 161 g/mol. The molecule has 0 aromatic carbocycles. The van der Waals surface area contributed by atoms with Crippen LogP contribution >= 0.6 is 12.2 Å². The minimum absolute atomic E-state index is 0.394. The number of hydrogen-bond acceptors (Lipinski definition) is 3. The third-order valence-corrected chi connectivity index (χ3v) is 0.908. The van der Waals surface area contributed by atoms with Gasteiger partial charge >= 0.3 is 0 Å². The highest BCUT2D eigenvalue weighted by Gasteiger charge is 1.87. The van der Waals surface area contributed by atoms with E-state index >= 15 is 0 Å². The van der Waals surface area contributed by atoms with Crippen molar-refractivity contribution in [3.8, 4) is 0 Å². The zero-order chi connectivity index (χ0) is 7.82. The van der Waals surface area contributed by atoms with Crippen LogP contribution in [0.4, 0.5) is 0 Å². The minimum Gasteiger partial charge on any atom is -0.365 e.